The van der Waals surface area contributed by atoms with Crippen LogP contribution in [-0.4, -0.2) is 15.9 Å². The lowest BCUT2D eigenvalue weighted by atomic mass is 9.98. The maximum atomic E-state index is 12.6. The SMILES string of the molecule is CC[C@@H](C)Cc1c(C)sc2nc(COC(=O)c3ccc(C#N)cc3)[nH]c(=O)c12. The van der Waals surface area contributed by atoms with Crippen LogP contribution in [0.25, 0.3) is 10.2 Å². The van der Waals surface area contributed by atoms with Gasteiger partial charge in [0.15, 0.2) is 0 Å². The van der Waals surface area contributed by atoms with Gasteiger partial charge in [0.2, 0.25) is 0 Å². The number of aryl methyl sites for hydroxylation is 1. The highest BCUT2D eigenvalue weighted by Crippen LogP contribution is 2.29. The molecular formula is C21H21N3O3S. The predicted molar refractivity (Wildman–Crippen MR) is 108 cm³/mol. The first-order chi connectivity index (χ1) is 13.4. The van der Waals surface area contributed by atoms with Crippen molar-refractivity contribution in [3.8, 4) is 6.07 Å². The molecule has 3 aromatic rings. The van der Waals surface area contributed by atoms with Crippen LogP contribution in [0.3, 0.4) is 0 Å². The summed E-state index contributed by atoms with van der Waals surface area (Å²) in [5, 5.41) is 9.45. The van der Waals surface area contributed by atoms with E-state index in [0.29, 0.717) is 33.1 Å². The Morgan fingerprint density at radius 1 is 1.36 bits per heavy atom. The molecule has 1 N–H and O–H groups in total. The van der Waals surface area contributed by atoms with Gasteiger partial charge in [-0.05, 0) is 49.1 Å². The number of H-pyrrole nitrogens is 1. The molecule has 0 radical (unpaired) electrons. The second kappa shape index (κ2) is 8.36. The van der Waals surface area contributed by atoms with Crippen LogP contribution in [-0.2, 0) is 17.8 Å². The first kappa shape index (κ1) is 19.8. The number of aromatic amines is 1. The molecule has 0 unspecified atom stereocenters. The minimum absolute atomic E-state index is 0.123. The van der Waals surface area contributed by atoms with Gasteiger partial charge in [-0.3, -0.25) is 4.79 Å². The van der Waals surface area contributed by atoms with Gasteiger partial charge in [-0.15, -0.1) is 11.3 Å². The van der Waals surface area contributed by atoms with Crippen molar-refractivity contribution in [2.24, 2.45) is 5.92 Å². The average Bonchev–Trinajstić information content (AvgIpc) is 3.01. The Morgan fingerprint density at radius 2 is 2.07 bits per heavy atom. The summed E-state index contributed by atoms with van der Waals surface area (Å²) in [7, 11) is 0. The standard InChI is InChI=1S/C21H21N3O3S/c1-4-12(2)9-16-13(3)28-20-18(16)19(25)23-17(24-20)11-27-21(26)15-7-5-14(10-22)6-8-15/h5-8,12H,4,9,11H2,1-3H3,(H,23,24,25)/t12-/m1/s1. The zero-order chi connectivity index (χ0) is 20.3. The van der Waals surface area contributed by atoms with Crippen molar-refractivity contribution in [1.82, 2.24) is 9.97 Å². The van der Waals surface area contributed by atoms with Crippen molar-refractivity contribution in [3.05, 3.63) is 62.0 Å². The van der Waals surface area contributed by atoms with Gasteiger partial charge in [-0.2, -0.15) is 5.26 Å². The molecule has 0 aliphatic carbocycles. The number of aromatic nitrogens is 2. The van der Waals surface area contributed by atoms with Crippen LogP contribution in [0.4, 0.5) is 0 Å². The number of carbonyl (C=O) groups excluding carboxylic acids is 1. The number of esters is 1. The number of carbonyl (C=O) groups is 1. The van der Waals surface area contributed by atoms with E-state index in [1.165, 1.54) is 23.5 Å². The Bertz CT molecular complexity index is 1110. The fourth-order valence-electron chi connectivity index (χ4n) is 2.92. The molecule has 0 spiro atoms. The maximum absolute atomic E-state index is 12.6. The zero-order valence-electron chi connectivity index (χ0n) is 16.0. The number of fused-ring (bicyclic) bond motifs is 1. The molecule has 0 aliphatic heterocycles. The molecule has 3 rings (SSSR count). The molecule has 0 bridgehead atoms. The molecule has 0 saturated carbocycles. The number of hydrogen-bond donors (Lipinski definition) is 1. The topological polar surface area (TPSA) is 95.8 Å². The van der Waals surface area contributed by atoms with Gasteiger partial charge in [-0.1, -0.05) is 20.3 Å². The lowest BCUT2D eigenvalue weighted by molar-refractivity contribution is 0.0462. The number of hydrogen-bond acceptors (Lipinski definition) is 6. The smallest absolute Gasteiger partial charge is 0.338 e. The first-order valence-corrected chi connectivity index (χ1v) is 9.93. The van der Waals surface area contributed by atoms with Gasteiger partial charge in [-0.25, -0.2) is 9.78 Å². The fraction of sp³-hybridized carbons (Fsp3) is 0.333. The summed E-state index contributed by atoms with van der Waals surface area (Å²) in [6.45, 7) is 6.19. The minimum atomic E-state index is -0.535. The number of benzene rings is 1. The van der Waals surface area contributed by atoms with E-state index < -0.39 is 5.97 Å². The van der Waals surface area contributed by atoms with Crippen LogP contribution >= 0.6 is 11.3 Å². The summed E-state index contributed by atoms with van der Waals surface area (Å²) < 4.78 is 5.26. The van der Waals surface area contributed by atoms with E-state index in [1.54, 1.807) is 12.1 Å². The number of nitrogens with zero attached hydrogens (tertiary/aromatic N) is 2. The quantitative estimate of drug-likeness (QED) is 0.634. The summed E-state index contributed by atoms with van der Waals surface area (Å²) in [6, 6.07) is 8.16. The Balaban J connectivity index is 1.80. The summed E-state index contributed by atoms with van der Waals surface area (Å²) in [5.74, 6) is 0.270. The van der Waals surface area contributed by atoms with Crippen molar-refractivity contribution in [2.75, 3.05) is 0 Å². The van der Waals surface area contributed by atoms with Crippen molar-refractivity contribution in [2.45, 2.75) is 40.2 Å². The number of thiophene rings is 1. The summed E-state index contributed by atoms with van der Waals surface area (Å²) >= 11 is 1.49. The van der Waals surface area contributed by atoms with Gasteiger partial charge in [0.05, 0.1) is 22.6 Å². The van der Waals surface area contributed by atoms with E-state index in [-0.39, 0.29) is 12.2 Å². The third-order valence-corrected chi connectivity index (χ3v) is 5.79. The lowest BCUT2D eigenvalue weighted by Gasteiger charge is -2.08. The van der Waals surface area contributed by atoms with E-state index in [2.05, 4.69) is 23.8 Å². The van der Waals surface area contributed by atoms with Crippen LogP contribution in [0.1, 0.15) is 52.5 Å². The number of nitriles is 1. The Hall–Kier alpha value is -2.98. The molecule has 144 valence electrons. The molecular weight excluding hydrogens is 374 g/mol. The van der Waals surface area contributed by atoms with Gasteiger partial charge < -0.3 is 9.72 Å². The Labute approximate surface area is 166 Å². The summed E-state index contributed by atoms with van der Waals surface area (Å²) in [4.78, 5) is 33.8. The van der Waals surface area contributed by atoms with Crippen molar-refractivity contribution in [1.29, 1.82) is 5.26 Å². The van der Waals surface area contributed by atoms with E-state index in [1.807, 2.05) is 13.0 Å². The van der Waals surface area contributed by atoms with E-state index >= 15 is 0 Å². The molecule has 0 saturated heterocycles. The average molecular weight is 395 g/mol. The second-order valence-electron chi connectivity index (χ2n) is 6.81. The van der Waals surface area contributed by atoms with E-state index in [9.17, 15) is 9.59 Å². The Morgan fingerprint density at radius 3 is 2.71 bits per heavy atom. The highest BCUT2D eigenvalue weighted by Gasteiger charge is 2.17. The molecule has 0 amide bonds. The molecule has 0 fully saturated rings. The molecule has 2 heterocycles. The predicted octanol–water partition coefficient (Wildman–Crippen LogP) is 4.11. The monoisotopic (exact) mass is 395 g/mol. The molecule has 7 heteroatoms. The largest absolute Gasteiger partial charge is 0.454 e. The molecule has 0 aliphatic rings. The highest BCUT2D eigenvalue weighted by atomic mass is 32.1. The van der Waals surface area contributed by atoms with Crippen LogP contribution in [0.2, 0.25) is 0 Å². The molecule has 1 aromatic carbocycles. The summed E-state index contributed by atoms with van der Waals surface area (Å²) in [6.07, 6.45) is 1.89. The van der Waals surface area contributed by atoms with Crippen LogP contribution in [0, 0.1) is 24.2 Å². The van der Waals surface area contributed by atoms with Gasteiger partial charge in [0.1, 0.15) is 17.3 Å². The second-order valence-corrected chi connectivity index (χ2v) is 8.02. The third-order valence-electron chi connectivity index (χ3n) is 4.75. The van der Waals surface area contributed by atoms with Crippen LogP contribution in [0.5, 0.6) is 0 Å². The van der Waals surface area contributed by atoms with Gasteiger partial charge in [0.25, 0.3) is 5.56 Å². The first-order valence-electron chi connectivity index (χ1n) is 9.11. The van der Waals surface area contributed by atoms with Gasteiger partial charge in [0, 0.05) is 4.88 Å². The number of ether oxygens (including phenoxy) is 1. The van der Waals surface area contributed by atoms with Crippen molar-refractivity contribution < 1.29 is 9.53 Å². The van der Waals surface area contributed by atoms with E-state index in [4.69, 9.17) is 10.00 Å². The lowest BCUT2D eigenvalue weighted by Crippen LogP contribution is -2.15. The Kier molecular flexibility index (Phi) is 5.90. The highest BCUT2D eigenvalue weighted by molar-refractivity contribution is 7.18. The van der Waals surface area contributed by atoms with Crippen molar-refractivity contribution in [3.63, 3.8) is 0 Å². The molecule has 2 aromatic heterocycles. The van der Waals surface area contributed by atoms with E-state index in [0.717, 1.165) is 23.3 Å². The van der Waals surface area contributed by atoms with Crippen LogP contribution in [0.15, 0.2) is 29.1 Å². The summed E-state index contributed by atoms with van der Waals surface area (Å²) in [5.41, 5.74) is 1.67. The van der Waals surface area contributed by atoms with Gasteiger partial charge >= 0.3 is 5.97 Å². The molecule has 1 atom stereocenters. The van der Waals surface area contributed by atoms with Crippen molar-refractivity contribution >= 4 is 27.5 Å². The fourth-order valence-corrected chi connectivity index (χ4v) is 4.00. The zero-order valence-corrected chi connectivity index (χ0v) is 16.9. The maximum Gasteiger partial charge on any atom is 0.338 e. The normalized spacial score (nSPS) is 11.9. The molecule has 28 heavy (non-hydrogen) atoms. The number of rotatable bonds is 6. The third kappa shape index (κ3) is 4.12. The van der Waals surface area contributed by atoms with Crippen LogP contribution < -0.4 is 5.56 Å². The number of nitrogens with one attached hydrogen (secondary N) is 1. The molecule has 6 nitrogen and oxygen atoms in total. The minimum Gasteiger partial charge on any atom is -0.454 e.